The van der Waals surface area contributed by atoms with Crippen molar-refractivity contribution in [3.63, 3.8) is 0 Å². The average molecular weight is 522 g/mol. The van der Waals surface area contributed by atoms with Crippen LogP contribution in [0.1, 0.15) is 86.1 Å². The van der Waals surface area contributed by atoms with Gasteiger partial charge in [-0.2, -0.15) is 0 Å². The van der Waals surface area contributed by atoms with Gasteiger partial charge < -0.3 is 25.1 Å². The van der Waals surface area contributed by atoms with E-state index in [9.17, 15) is 24.3 Å². The number of nitrogens with two attached hydrogens (primary N) is 1. The minimum atomic E-state index is -1.76. The Morgan fingerprint density at radius 2 is 1.43 bits per heavy atom. The second-order valence-electron chi connectivity index (χ2n) is 10.1. The molecule has 0 aliphatic rings. The molecule has 0 amide bonds. The van der Waals surface area contributed by atoms with Crippen molar-refractivity contribution in [2.75, 3.05) is 0 Å². The van der Waals surface area contributed by atoms with Gasteiger partial charge in [-0.3, -0.25) is 19.2 Å². The number of ether oxygens (including phenoxy) is 3. The number of hydrogen-bond donors (Lipinski definition) is 2. The second-order valence-corrected chi connectivity index (χ2v) is 10.1. The number of carboxylic acids is 1. The lowest BCUT2D eigenvalue weighted by Gasteiger charge is -2.28. The van der Waals surface area contributed by atoms with Gasteiger partial charge in [0, 0.05) is 19.3 Å². The largest absolute Gasteiger partial charge is 0.480 e. The average Bonchev–Trinajstić information content (AvgIpc) is 2.83. The highest BCUT2D eigenvalue weighted by atomic mass is 16.6. The normalized spacial score (nSPS) is 16.0. The van der Waals surface area contributed by atoms with Gasteiger partial charge in [0.05, 0.1) is 11.8 Å². The number of esters is 3. The van der Waals surface area contributed by atoms with Crippen LogP contribution in [0.3, 0.4) is 0 Å². The van der Waals surface area contributed by atoms with Crippen LogP contribution in [0.4, 0.5) is 0 Å². The lowest BCUT2D eigenvalue weighted by molar-refractivity contribution is -0.154. The van der Waals surface area contributed by atoms with E-state index in [0.29, 0.717) is 18.4 Å². The Bertz CT molecular complexity index is 946. The summed E-state index contributed by atoms with van der Waals surface area (Å²) in [5.74, 6) is -3.14. The summed E-state index contributed by atoms with van der Waals surface area (Å²) in [6.07, 6.45) is 1.21. The Labute approximate surface area is 220 Å². The Morgan fingerprint density at radius 3 is 1.92 bits per heavy atom. The molecule has 1 aromatic carbocycles. The highest BCUT2D eigenvalue weighted by Crippen LogP contribution is 2.32. The number of carboxylic acid groups (broad SMARTS) is 1. The van der Waals surface area contributed by atoms with Crippen molar-refractivity contribution >= 4 is 23.9 Å². The molecule has 0 bridgehead atoms. The van der Waals surface area contributed by atoms with E-state index in [4.69, 9.17) is 19.9 Å². The van der Waals surface area contributed by atoms with Gasteiger partial charge in [-0.15, -0.1) is 0 Å². The predicted molar refractivity (Wildman–Crippen MR) is 139 cm³/mol. The van der Waals surface area contributed by atoms with Gasteiger partial charge >= 0.3 is 23.9 Å². The van der Waals surface area contributed by atoms with Gasteiger partial charge in [0.15, 0.2) is 11.5 Å². The Kier molecular flexibility index (Phi) is 12.8. The number of hydrogen-bond acceptors (Lipinski definition) is 8. The maximum absolute atomic E-state index is 12.5. The molecule has 3 N–H and O–H groups in total. The number of carbonyl (C=O) groups is 4. The van der Waals surface area contributed by atoms with E-state index in [-0.39, 0.29) is 48.5 Å². The van der Waals surface area contributed by atoms with E-state index in [1.807, 2.05) is 27.7 Å². The quantitative estimate of drug-likeness (QED) is 0.248. The van der Waals surface area contributed by atoms with E-state index >= 15 is 0 Å². The maximum atomic E-state index is 12.5. The fourth-order valence-electron chi connectivity index (χ4n) is 3.43. The summed E-state index contributed by atoms with van der Waals surface area (Å²) in [4.78, 5) is 49.2. The molecule has 9 heteroatoms. The highest BCUT2D eigenvalue weighted by molar-refractivity contribution is 5.80. The standard InChI is InChI=1S/C28H43NO8/c1-8-17(4)13-24(30)35-20(7)15-28(29,27(33)34)16-21-11-12-22(36-25(31)18(5)9-2)23(14-21)37-26(32)19(6)10-3/h11-12,14,17-20H,8-10,13,15-16,29H2,1-7H3,(H,33,34)/t17?,18?,19?,20-,28?/m0/s1. The maximum Gasteiger partial charge on any atom is 0.324 e. The van der Waals surface area contributed by atoms with Crippen molar-refractivity contribution in [3.8, 4) is 11.5 Å². The number of carbonyl (C=O) groups excluding carboxylic acids is 3. The van der Waals surface area contributed by atoms with E-state index in [2.05, 4.69) is 0 Å². The Hall–Kier alpha value is -2.94. The molecule has 4 unspecified atom stereocenters. The van der Waals surface area contributed by atoms with Crippen LogP contribution in [0.2, 0.25) is 0 Å². The molecule has 0 aliphatic carbocycles. The number of rotatable bonds is 15. The zero-order valence-corrected chi connectivity index (χ0v) is 23.2. The van der Waals surface area contributed by atoms with Crippen molar-refractivity contribution in [1.29, 1.82) is 0 Å². The Morgan fingerprint density at radius 1 is 0.892 bits per heavy atom. The molecule has 0 spiro atoms. The van der Waals surface area contributed by atoms with Crippen LogP contribution in [-0.4, -0.2) is 40.6 Å². The summed E-state index contributed by atoms with van der Waals surface area (Å²) in [6, 6.07) is 4.50. The van der Waals surface area contributed by atoms with Gasteiger partial charge in [0.25, 0.3) is 0 Å². The molecule has 0 fully saturated rings. The van der Waals surface area contributed by atoms with Gasteiger partial charge in [-0.05, 0) is 43.4 Å². The van der Waals surface area contributed by atoms with Crippen LogP contribution in [0, 0.1) is 17.8 Å². The van der Waals surface area contributed by atoms with Crippen molar-refractivity contribution in [3.05, 3.63) is 23.8 Å². The van der Waals surface area contributed by atoms with Crippen LogP contribution < -0.4 is 15.2 Å². The molecule has 0 aliphatic heterocycles. The van der Waals surface area contributed by atoms with Gasteiger partial charge in [0.2, 0.25) is 0 Å². The fraction of sp³-hybridized carbons (Fsp3) is 0.643. The summed E-state index contributed by atoms with van der Waals surface area (Å²) in [7, 11) is 0. The molecule has 1 aromatic rings. The number of benzene rings is 1. The van der Waals surface area contributed by atoms with Gasteiger partial charge in [-0.25, -0.2) is 0 Å². The molecule has 0 heterocycles. The van der Waals surface area contributed by atoms with Crippen molar-refractivity contribution < 1.29 is 38.5 Å². The minimum absolute atomic E-state index is 0.0141. The zero-order valence-electron chi connectivity index (χ0n) is 23.2. The Balaban J connectivity index is 3.19. The summed E-state index contributed by atoms with van der Waals surface area (Å²) >= 11 is 0. The van der Waals surface area contributed by atoms with E-state index < -0.39 is 35.5 Å². The topological polar surface area (TPSA) is 142 Å². The zero-order chi connectivity index (χ0) is 28.3. The highest BCUT2D eigenvalue weighted by Gasteiger charge is 2.37. The molecule has 0 saturated carbocycles. The summed E-state index contributed by atoms with van der Waals surface area (Å²) in [5.41, 5.74) is 4.99. The first-order valence-electron chi connectivity index (χ1n) is 13.0. The summed E-state index contributed by atoms with van der Waals surface area (Å²) in [5, 5.41) is 9.92. The molecule has 9 nitrogen and oxygen atoms in total. The molecular weight excluding hydrogens is 478 g/mol. The molecule has 1 rings (SSSR count). The molecule has 37 heavy (non-hydrogen) atoms. The van der Waals surface area contributed by atoms with Crippen molar-refractivity contribution in [2.24, 2.45) is 23.5 Å². The predicted octanol–water partition coefficient (Wildman–Crippen LogP) is 4.67. The smallest absolute Gasteiger partial charge is 0.324 e. The fourth-order valence-corrected chi connectivity index (χ4v) is 3.43. The van der Waals surface area contributed by atoms with E-state index in [1.54, 1.807) is 26.8 Å². The van der Waals surface area contributed by atoms with E-state index in [0.717, 1.165) is 6.42 Å². The minimum Gasteiger partial charge on any atom is -0.480 e. The van der Waals surface area contributed by atoms with Crippen molar-refractivity contribution in [1.82, 2.24) is 0 Å². The van der Waals surface area contributed by atoms with Crippen LogP contribution in [0.5, 0.6) is 11.5 Å². The molecule has 0 radical (unpaired) electrons. The molecular formula is C28H43NO8. The SMILES string of the molecule is CCC(C)CC(=O)O[C@@H](C)CC(N)(Cc1ccc(OC(=O)C(C)CC)c(OC(=O)C(C)CC)c1)C(=O)O. The molecule has 0 aromatic heterocycles. The van der Waals surface area contributed by atoms with Gasteiger partial charge in [0.1, 0.15) is 11.6 Å². The first-order chi connectivity index (χ1) is 17.3. The molecule has 0 saturated heterocycles. The van der Waals surface area contributed by atoms with Gasteiger partial charge in [-0.1, -0.05) is 54.0 Å². The third kappa shape index (κ3) is 10.1. The first-order valence-corrected chi connectivity index (χ1v) is 13.0. The van der Waals surface area contributed by atoms with Crippen LogP contribution >= 0.6 is 0 Å². The first kappa shape index (κ1) is 32.1. The lowest BCUT2D eigenvalue weighted by Crippen LogP contribution is -2.52. The van der Waals surface area contributed by atoms with Crippen LogP contribution in [0.15, 0.2) is 18.2 Å². The number of aliphatic carboxylic acids is 1. The molecule has 5 atom stereocenters. The lowest BCUT2D eigenvalue weighted by atomic mass is 9.86. The van der Waals surface area contributed by atoms with E-state index in [1.165, 1.54) is 12.1 Å². The van der Waals surface area contributed by atoms with Crippen LogP contribution in [-0.2, 0) is 30.3 Å². The third-order valence-electron chi connectivity index (χ3n) is 6.60. The van der Waals surface area contributed by atoms with Crippen LogP contribution in [0.25, 0.3) is 0 Å². The third-order valence-corrected chi connectivity index (χ3v) is 6.60. The van der Waals surface area contributed by atoms with Crippen molar-refractivity contribution in [2.45, 2.75) is 98.6 Å². The summed E-state index contributed by atoms with van der Waals surface area (Å²) < 4.78 is 16.4. The second kappa shape index (κ2) is 14.7. The monoisotopic (exact) mass is 521 g/mol. The molecule has 208 valence electrons. The summed E-state index contributed by atoms with van der Waals surface area (Å²) in [6.45, 7) is 12.7.